The van der Waals surface area contributed by atoms with Gasteiger partial charge in [0.15, 0.2) is 0 Å². The molecular weight excluding hydrogens is 356 g/mol. The summed E-state index contributed by atoms with van der Waals surface area (Å²) in [5.74, 6) is -0.162. The van der Waals surface area contributed by atoms with Crippen molar-refractivity contribution in [1.82, 2.24) is 5.32 Å². The molecule has 2 amide bonds. The largest absolute Gasteiger partial charge is 0.355 e. The van der Waals surface area contributed by atoms with Crippen LogP contribution in [0.25, 0.3) is 0 Å². The van der Waals surface area contributed by atoms with Crippen LogP contribution in [-0.4, -0.2) is 23.2 Å². The molecule has 2 N–H and O–H groups in total. The van der Waals surface area contributed by atoms with Gasteiger partial charge in [0.1, 0.15) is 0 Å². The van der Waals surface area contributed by atoms with Crippen LogP contribution in [0, 0.1) is 0 Å². The molecule has 0 bridgehead atoms. The van der Waals surface area contributed by atoms with Gasteiger partial charge in [0.2, 0.25) is 11.8 Å². The molecule has 1 rings (SSSR count). The molecule has 0 radical (unpaired) electrons. The van der Waals surface area contributed by atoms with Gasteiger partial charge < -0.3 is 10.6 Å². The van der Waals surface area contributed by atoms with E-state index in [9.17, 15) is 9.59 Å². The number of benzene rings is 1. The topological polar surface area (TPSA) is 58.2 Å². The highest BCUT2D eigenvalue weighted by Gasteiger charge is 2.14. The maximum Gasteiger partial charge on any atom is 0.233 e. The first kappa shape index (κ1) is 19.7. The molecule has 1 atom stereocenters. The molecule has 0 aliphatic rings. The van der Waals surface area contributed by atoms with Gasteiger partial charge in [-0.2, -0.15) is 0 Å². The third-order valence-electron chi connectivity index (χ3n) is 3.51. The Balaban J connectivity index is 2.38. The number of hydrogen-bond acceptors (Lipinski definition) is 2. The third-order valence-corrected chi connectivity index (χ3v) is 4.39. The number of amides is 2. The molecule has 0 aromatic heterocycles. The van der Waals surface area contributed by atoms with Crippen molar-refractivity contribution in [3.05, 3.63) is 29.8 Å². The lowest BCUT2D eigenvalue weighted by molar-refractivity contribution is -0.120. The number of alkyl halides is 1. The summed E-state index contributed by atoms with van der Waals surface area (Å²) < 4.78 is 0. The Kier molecular flexibility index (Phi) is 7.76. The number of anilines is 1. The van der Waals surface area contributed by atoms with E-state index in [4.69, 9.17) is 0 Å². The van der Waals surface area contributed by atoms with E-state index in [1.165, 1.54) is 5.56 Å². The highest BCUT2D eigenvalue weighted by molar-refractivity contribution is 9.10. The molecule has 0 spiro atoms. The van der Waals surface area contributed by atoms with Crippen molar-refractivity contribution in [3.63, 3.8) is 0 Å². The lowest BCUT2D eigenvalue weighted by Crippen LogP contribution is -2.33. The Morgan fingerprint density at radius 1 is 1.17 bits per heavy atom. The fraction of sp³-hybridized carbons (Fsp3) is 0.556. The van der Waals surface area contributed by atoms with Gasteiger partial charge in [-0.25, -0.2) is 0 Å². The second-order valence-electron chi connectivity index (χ2n) is 6.67. The van der Waals surface area contributed by atoms with E-state index in [0.29, 0.717) is 6.54 Å². The summed E-state index contributed by atoms with van der Waals surface area (Å²) in [4.78, 5) is 23.4. The molecule has 0 aliphatic carbocycles. The quantitative estimate of drug-likeness (QED) is 0.700. The van der Waals surface area contributed by atoms with E-state index in [1.54, 1.807) is 0 Å². The minimum absolute atomic E-state index is 0.0609. The zero-order valence-electron chi connectivity index (χ0n) is 14.4. The van der Waals surface area contributed by atoms with Crippen molar-refractivity contribution in [2.75, 3.05) is 11.9 Å². The first-order chi connectivity index (χ1) is 10.7. The minimum atomic E-state index is -0.180. The maximum absolute atomic E-state index is 11.9. The predicted molar refractivity (Wildman–Crippen MR) is 99.0 cm³/mol. The molecule has 0 heterocycles. The fourth-order valence-electron chi connectivity index (χ4n) is 2.07. The van der Waals surface area contributed by atoms with E-state index in [2.05, 4.69) is 47.3 Å². The average molecular weight is 383 g/mol. The molecule has 4 nitrogen and oxygen atoms in total. The number of hydrogen-bond donors (Lipinski definition) is 2. The number of halogens is 1. The van der Waals surface area contributed by atoms with Crippen LogP contribution < -0.4 is 10.6 Å². The Labute approximate surface area is 147 Å². The van der Waals surface area contributed by atoms with Crippen molar-refractivity contribution < 1.29 is 9.59 Å². The van der Waals surface area contributed by atoms with Gasteiger partial charge in [0.25, 0.3) is 0 Å². The van der Waals surface area contributed by atoms with Crippen LogP contribution in [0.1, 0.15) is 52.5 Å². The van der Waals surface area contributed by atoms with Crippen molar-refractivity contribution >= 4 is 33.4 Å². The van der Waals surface area contributed by atoms with Crippen LogP contribution >= 0.6 is 15.9 Å². The maximum atomic E-state index is 11.9. The Morgan fingerprint density at radius 2 is 1.78 bits per heavy atom. The van der Waals surface area contributed by atoms with Crippen LogP contribution in [0.4, 0.5) is 5.69 Å². The molecule has 0 aliphatic heterocycles. The van der Waals surface area contributed by atoms with Crippen molar-refractivity contribution in [2.24, 2.45) is 0 Å². The molecule has 1 aromatic rings. The van der Waals surface area contributed by atoms with Crippen LogP contribution in [0.2, 0.25) is 0 Å². The molecule has 1 aromatic carbocycles. The Hall–Kier alpha value is -1.36. The first-order valence-electron chi connectivity index (χ1n) is 8.06. The monoisotopic (exact) mass is 382 g/mol. The normalized spacial score (nSPS) is 12.6. The average Bonchev–Trinajstić information content (AvgIpc) is 2.47. The van der Waals surface area contributed by atoms with Crippen LogP contribution in [0.15, 0.2) is 24.3 Å². The van der Waals surface area contributed by atoms with Gasteiger partial charge in [0.05, 0.1) is 4.83 Å². The van der Waals surface area contributed by atoms with Crippen LogP contribution in [0.3, 0.4) is 0 Å². The van der Waals surface area contributed by atoms with Crippen molar-refractivity contribution in [1.29, 1.82) is 0 Å². The minimum Gasteiger partial charge on any atom is -0.355 e. The summed E-state index contributed by atoms with van der Waals surface area (Å²) in [5, 5.41) is 5.61. The summed E-state index contributed by atoms with van der Waals surface area (Å²) in [6.45, 7) is 8.83. The smallest absolute Gasteiger partial charge is 0.233 e. The summed E-state index contributed by atoms with van der Waals surface area (Å²) in [7, 11) is 0. The summed E-state index contributed by atoms with van der Waals surface area (Å²) in [6, 6.07) is 7.87. The Morgan fingerprint density at radius 3 is 2.30 bits per heavy atom. The standard InChI is InChI=1S/C18H27BrN2O2/c1-5-6-15(19)17(23)20-12-11-16(22)21-14-9-7-13(8-10-14)18(2,3)4/h7-10,15H,5-6,11-12H2,1-4H3,(H,20,23)(H,21,22)/t15-/m1/s1. The van der Waals surface area contributed by atoms with E-state index < -0.39 is 0 Å². The van der Waals surface area contributed by atoms with Crippen LogP contribution in [-0.2, 0) is 15.0 Å². The highest BCUT2D eigenvalue weighted by Crippen LogP contribution is 2.23. The summed E-state index contributed by atoms with van der Waals surface area (Å²) in [6.07, 6.45) is 1.99. The number of carbonyl (C=O) groups excluding carboxylic acids is 2. The van der Waals surface area contributed by atoms with Gasteiger partial charge in [-0.1, -0.05) is 62.2 Å². The molecule has 128 valence electrons. The van der Waals surface area contributed by atoms with E-state index in [0.717, 1.165) is 18.5 Å². The lowest BCUT2D eigenvalue weighted by atomic mass is 9.87. The van der Waals surface area contributed by atoms with Gasteiger partial charge in [0, 0.05) is 18.7 Å². The molecule has 23 heavy (non-hydrogen) atoms. The first-order valence-corrected chi connectivity index (χ1v) is 8.97. The lowest BCUT2D eigenvalue weighted by Gasteiger charge is -2.19. The number of rotatable bonds is 7. The van der Waals surface area contributed by atoms with Crippen molar-refractivity contribution in [3.8, 4) is 0 Å². The molecule has 0 fully saturated rings. The zero-order chi connectivity index (χ0) is 17.5. The molecule has 0 unspecified atom stereocenters. The fourth-order valence-corrected chi connectivity index (χ4v) is 2.69. The van der Waals surface area contributed by atoms with Crippen molar-refractivity contribution in [2.45, 2.75) is 57.2 Å². The molecule has 0 saturated heterocycles. The third kappa shape index (κ3) is 7.16. The molecule has 0 saturated carbocycles. The molecule has 5 heteroatoms. The predicted octanol–water partition coefficient (Wildman–Crippen LogP) is 3.99. The van der Waals surface area contributed by atoms with Gasteiger partial charge in [-0.05, 0) is 29.5 Å². The van der Waals surface area contributed by atoms with Crippen LogP contribution in [0.5, 0.6) is 0 Å². The molecular formula is C18H27BrN2O2. The highest BCUT2D eigenvalue weighted by atomic mass is 79.9. The Bertz CT molecular complexity index is 521. The zero-order valence-corrected chi connectivity index (χ0v) is 16.0. The van der Waals surface area contributed by atoms with Gasteiger partial charge in [-0.3, -0.25) is 9.59 Å². The van der Waals surface area contributed by atoms with E-state index >= 15 is 0 Å². The van der Waals surface area contributed by atoms with Gasteiger partial charge >= 0.3 is 0 Å². The second kappa shape index (κ2) is 9.06. The van der Waals surface area contributed by atoms with E-state index in [1.807, 2.05) is 31.2 Å². The summed E-state index contributed by atoms with van der Waals surface area (Å²) in [5.41, 5.74) is 2.10. The number of nitrogens with one attached hydrogen (secondary N) is 2. The van der Waals surface area contributed by atoms with Gasteiger partial charge in [-0.15, -0.1) is 0 Å². The summed E-state index contributed by atoms with van der Waals surface area (Å²) >= 11 is 3.33. The number of carbonyl (C=O) groups is 2. The van der Waals surface area contributed by atoms with E-state index in [-0.39, 0.29) is 28.5 Å². The SMILES string of the molecule is CCC[C@@H](Br)C(=O)NCCC(=O)Nc1ccc(C(C)(C)C)cc1. The second-order valence-corrected chi connectivity index (χ2v) is 7.78.